The van der Waals surface area contributed by atoms with Gasteiger partial charge in [0, 0.05) is 6.42 Å². The molecule has 2 nitrogen and oxygen atoms in total. The summed E-state index contributed by atoms with van der Waals surface area (Å²) in [5, 5.41) is 10.5. The van der Waals surface area contributed by atoms with Gasteiger partial charge in [-0.1, -0.05) is 26.3 Å². The minimum absolute atomic E-state index is 0.0913. The van der Waals surface area contributed by atoms with E-state index in [9.17, 15) is 9.90 Å². The molecule has 7 atom stereocenters. The van der Waals surface area contributed by atoms with Gasteiger partial charge >= 0.3 is 0 Å². The number of hydrogen-bond acceptors (Lipinski definition) is 2. The molecule has 4 rings (SSSR count). The zero-order chi connectivity index (χ0) is 15.7. The lowest BCUT2D eigenvalue weighted by Gasteiger charge is -2.59. The maximum absolute atomic E-state index is 11.9. The molecule has 1 N–H and O–H groups in total. The van der Waals surface area contributed by atoms with E-state index in [1.165, 1.54) is 31.3 Å². The zero-order valence-electron chi connectivity index (χ0n) is 14.3. The first kappa shape index (κ1) is 14.9. The van der Waals surface area contributed by atoms with Crippen LogP contribution in [0.25, 0.3) is 0 Å². The second kappa shape index (κ2) is 4.69. The monoisotopic (exact) mass is 302 g/mol. The Morgan fingerprint density at radius 1 is 1.14 bits per heavy atom. The summed E-state index contributed by atoms with van der Waals surface area (Å²) >= 11 is 0. The Morgan fingerprint density at radius 2 is 1.91 bits per heavy atom. The smallest absolute Gasteiger partial charge is 0.155 e. The lowest BCUT2D eigenvalue weighted by molar-refractivity contribution is -0.118. The first-order chi connectivity index (χ1) is 10.4. The highest BCUT2D eigenvalue weighted by Crippen LogP contribution is 2.66. The number of aliphatic hydroxyl groups is 1. The van der Waals surface area contributed by atoms with Crippen molar-refractivity contribution in [2.75, 3.05) is 0 Å². The third-order valence-corrected chi connectivity index (χ3v) is 8.23. The van der Waals surface area contributed by atoms with Gasteiger partial charge in [0.1, 0.15) is 0 Å². The number of fused-ring (bicyclic) bond motifs is 5. The fourth-order valence-electron chi connectivity index (χ4n) is 6.96. The van der Waals surface area contributed by atoms with E-state index in [-0.39, 0.29) is 16.9 Å². The van der Waals surface area contributed by atoms with Crippen LogP contribution in [0.5, 0.6) is 0 Å². The molecule has 122 valence electrons. The molecule has 0 aromatic rings. The highest BCUT2D eigenvalue weighted by Gasteiger charge is 2.59. The molecular weight excluding hydrogens is 272 g/mol. The molecule has 0 spiro atoms. The Labute approximate surface area is 134 Å². The summed E-state index contributed by atoms with van der Waals surface area (Å²) in [5.41, 5.74) is 1.85. The van der Waals surface area contributed by atoms with Gasteiger partial charge < -0.3 is 5.11 Å². The number of hydrogen-bond donors (Lipinski definition) is 1. The largest absolute Gasteiger partial charge is 0.393 e. The maximum Gasteiger partial charge on any atom is 0.155 e. The first-order valence-electron chi connectivity index (χ1n) is 9.29. The second-order valence-corrected chi connectivity index (χ2v) is 9.13. The third kappa shape index (κ3) is 1.79. The summed E-state index contributed by atoms with van der Waals surface area (Å²) in [7, 11) is 0. The van der Waals surface area contributed by atoms with E-state index < -0.39 is 0 Å². The van der Waals surface area contributed by atoms with Crippen LogP contribution in [0.4, 0.5) is 0 Å². The Kier molecular flexibility index (Phi) is 3.18. The van der Waals surface area contributed by atoms with Crippen LogP contribution in [-0.4, -0.2) is 17.0 Å². The van der Waals surface area contributed by atoms with Gasteiger partial charge in [-0.2, -0.15) is 0 Å². The van der Waals surface area contributed by atoms with E-state index in [1.807, 2.05) is 6.08 Å². The van der Waals surface area contributed by atoms with Crippen LogP contribution in [0.1, 0.15) is 65.7 Å². The van der Waals surface area contributed by atoms with E-state index in [4.69, 9.17) is 0 Å². The van der Waals surface area contributed by atoms with Crippen LogP contribution >= 0.6 is 0 Å². The molecule has 0 radical (unpaired) electrons. The van der Waals surface area contributed by atoms with Crippen molar-refractivity contribution < 1.29 is 9.90 Å². The van der Waals surface area contributed by atoms with Crippen molar-refractivity contribution in [1.82, 2.24) is 0 Å². The van der Waals surface area contributed by atoms with Gasteiger partial charge in [0.05, 0.1) is 6.10 Å². The third-order valence-electron chi connectivity index (χ3n) is 8.23. The van der Waals surface area contributed by atoms with Crippen molar-refractivity contribution in [3.05, 3.63) is 11.6 Å². The van der Waals surface area contributed by atoms with Gasteiger partial charge in [-0.3, -0.25) is 4.79 Å². The fraction of sp³-hybridized carbons (Fsp3) is 0.850. The van der Waals surface area contributed by atoms with Gasteiger partial charge in [-0.25, -0.2) is 0 Å². The average molecular weight is 302 g/mol. The van der Waals surface area contributed by atoms with Crippen molar-refractivity contribution >= 4 is 5.78 Å². The summed E-state index contributed by atoms with van der Waals surface area (Å²) in [6, 6.07) is 0. The van der Waals surface area contributed by atoms with Crippen LogP contribution < -0.4 is 0 Å². The number of carbonyl (C=O) groups excluding carboxylic acids is 1. The molecule has 3 fully saturated rings. The average Bonchev–Trinajstić information content (AvgIpc) is 2.77. The second-order valence-electron chi connectivity index (χ2n) is 9.13. The first-order valence-corrected chi connectivity index (χ1v) is 9.29. The topological polar surface area (TPSA) is 37.3 Å². The molecule has 2 heteroatoms. The van der Waals surface area contributed by atoms with E-state index >= 15 is 0 Å². The molecule has 22 heavy (non-hydrogen) atoms. The molecule has 0 aromatic heterocycles. The Balaban J connectivity index is 1.73. The van der Waals surface area contributed by atoms with Crippen molar-refractivity contribution in [1.29, 1.82) is 0 Å². The standard InChI is InChI=1S/C20H30O2/c1-12-10-14-15-4-5-18(22)20(15,3)9-7-16(14)19(2)8-6-13(21)11-17(12)19/h11-12,14-16,18,22H,4-10H2,1-3H3/t12-,14-,15-,16-,18-,19+,20-/m0/s1. The van der Waals surface area contributed by atoms with Crippen molar-refractivity contribution in [3.63, 3.8) is 0 Å². The Bertz CT molecular complexity index is 536. The van der Waals surface area contributed by atoms with Gasteiger partial charge in [-0.05, 0) is 79.1 Å². The van der Waals surface area contributed by atoms with Crippen LogP contribution in [0.3, 0.4) is 0 Å². The van der Waals surface area contributed by atoms with Gasteiger partial charge in [-0.15, -0.1) is 0 Å². The highest BCUT2D eigenvalue weighted by molar-refractivity contribution is 5.91. The molecule has 0 aliphatic heterocycles. The molecule has 0 bridgehead atoms. The van der Waals surface area contributed by atoms with E-state index in [0.29, 0.717) is 17.6 Å². The van der Waals surface area contributed by atoms with E-state index in [1.54, 1.807) is 0 Å². The van der Waals surface area contributed by atoms with Crippen LogP contribution in [0.2, 0.25) is 0 Å². The van der Waals surface area contributed by atoms with Crippen molar-refractivity contribution in [3.8, 4) is 0 Å². The summed E-state index contributed by atoms with van der Waals surface area (Å²) < 4.78 is 0. The summed E-state index contributed by atoms with van der Waals surface area (Å²) in [4.78, 5) is 11.9. The molecule has 4 aliphatic carbocycles. The van der Waals surface area contributed by atoms with Crippen LogP contribution in [-0.2, 0) is 4.79 Å². The van der Waals surface area contributed by atoms with Crippen molar-refractivity contribution in [2.45, 2.75) is 71.8 Å². The van der Waals surface area contributed by atoms with Crippen LogP contribution in [0, 0.1) is 34.5 Å². The lowest BCUT2D eigenvalue weighted by atomic mass is 9.45. The minimum atomic E-state index is -0.0913. The normalized spacial score (nSPS) is 54.3. The fourth-order valence-corrected chi connectivity index (χ4v) is 6.96. The number of allylic oxidation sites excluding steroid dienone is 1. The summed E-state index contributed by atoms with van der Waals surface area (Å²) in [6.45, 7) is 7.11. The van der Waals surface area contributed by atoms with Crippen molar-refractivity contribution in [2.24, 2.45) is 34.5 Å². The van der Waals surface area contributed by atoms with Crippen LogP contribution in [0.15, 0.2) is 11.6 Å². The van der Waals surface area contributed by atoms with E-state index in [0.717, 1.165) is 31.1 Å². The molecule has 0 amide bonds. The van der Waals surface area contributed by atoms with Gasteiger partial charge in [0.25, 0.3) is 0 Å². The highest BCUT2D eigenvalue weighted by atomic mass is 16.3. The predicted molar refractivity (Wildman–Crippen MR) is 87.3 cm³/mol. The number of ketones is 1. The maximum atomic E-state index is 11.9. The van der Waals surface area contributed by atoms with Gasteiger partial charge in [0.2, 0.25) is 0 Å². The molecule has 0 heterocycles. The lowest BCUT2D eigenvalue weighted by Crippen LogP contribution is -2.52. The predicted octanol–water partition coefficient (Wildman–Crippen LogP) is 4.13. The Morgan fingerprint density at radius 3 is 2.68 bits per heavy atom. The SMILES string of the molecule is C[C@H]1C[C@H]2[C@@H]3CC[C@H](O)[C@@]3(C)CC[C@@H]2[C@@]2(C)CCC(=O)C=C12. The number of aliphatic hydroxyl groups excluding tert-OH is 1. The molecule has 4 aliphatic rings. The Hall–Kier alpha value is -0.630. The molecule has 0 aromatic carbocycles. The van der Waals surface area contributed by atoms with Gasteiger partial charge in [0.15, 0.2) is 5.78 Å². The molecule has 0 saturated heterocycles. The molecule has 0 unspecified atom stereocenters. The number of rotatable bonds is 0. The molecular formula is C20H30O2. The molecule has 3 saturated carbocycles. The summed E-state index contributed by atoms with van der Waals surface area (Å²) in [5.74, 6) is 3.05. The number of carbonyl (C=O) groups is 1. The minimum Gasteiger partial charge on any atom is -0.393 e. The quantitative estimate of drug-likeness (QED) is 0.730. The van der Waals surface area contributed by atoms with E-state index in [2.05, 4.69) is 20.8 Å². The summed E-state index contributed by atoms with van der Waals surface area (Å²) in [6.07, 6.45) is 9.54. The zero-order valence-corrected chi connectivity index (χ0v) is 14.3.